The maximum atomic E-state index is 9.02. The van der Waals surface area contributed by atoms with Crippen molar-refractivity contribution in [1.82, 2.24) is 0 Å². The van der Waals surface area contributed by atoms with Gasteiger partial charge in [0.2, 0.25) is 0 Å². The summed E-state index contributed by atoms with van der Waals surface area (Å²) < 4.78 is 0. The van der Waals surface area contributed by atoms with Crippen LogP contribution in [0.5, 0.6) is 0 Å². The lowest BCUT2D eigenvalue weighted by Gasteiger charge is -2.02. The fourth-order valence-electron chi connectivity index (χ4n) is 1.07. The normalized spacial score (nSPS) is 11.0. The van der Waals surface area contributed by atoms with Gasteiger partial charge >= 0.3 is 0 Å². The van der Waals surface area contributed by atoms with E-state index in [-0.39, 0.29) is 6.61 Å². The smallest absolute Gasteiger partial charge is 0.0688 e. The van der Waals surface area contributed by atoms with E-state index in [1.165, 1.54) is 0 Å². The average Bonchev–Trinajstić information content (AvgIpc) is 2.16. The number of aliphatic hydroxyl groups excluding tert-OH is 1. The van der Waals surface area contributed by atoms with Gasteiger partial charge in [-0.1, -0.05) is 29.8 Å². The highest BCUT2D eigenvalue weighted by atomic mass is 35.5. The molecule has 0 aliphatic heterocycles. The number of hydrogen-bond donors (Lipinski definition) is 2. The Morgan fingerprint density at radius 1 is 1.46 bits per heavy atom. The molecule has 0 bridgehead atoms. The summed E-state index contributed by atoms with van der Waals surface area (Å²) in [4.78, 5) is 0. The summed E-state index contributed by atoms with van der Waals surface area (Å²) in [6.07, 6.45) is 3.71. The second kappa shape index (κ2) is 5.02. The minimum atomic E-state index is -0.00912. The highest BCUT2D eigenvalue weighted by Crippen LogP contribution is 2.17. The van der Waals surface area contributed by atoms with Gasteiger partial charge < -0.3 is 10.8 Å². The SMILES string of the molecule is NCC=Cc1ccc(Cl)cc1CO. The van der Waals surface area contributed by atoms with Crippen molar-refractivity contribution < 1.29 is 5.11 Å². The second-order valence-corrected chi connectivity index (χ2v) is 3.08. The van der Waals surface area contributed by atoms with Gasteiger partial charge in [0.15, 0.2) is 0 Å². The van der Waals surface area contributed by atoms with Gasteiger partial charge in [-0.2, -0.15) is 0 Å². The van der Waals surface area contributed by atoms with Crippen LogP contribution in [0.15, 0.2) is 24.3 Å². The van der Waals surface area contributed by atoms with Crippen molar-refractivity contribution in [2.45, 2.75) is 6.61 Å². The first kappa shape index (κ1) is 10.3. The first-order chi connectivity index (χ1) is 6.27. The predicted octanol–water partition coefficient (Wildman–Crippen LogP) is 1.80. The van der Waals surface area contributed by atoms with Crippen LogP contribution in [0.3, 0.4) is 0 Å². The molecule has 0 saturated heterocycles. The van der Waals surface area contributed by atoms with Gasteiger partial charge in [0, 0.05) is 11.6 Å². The lowest BCUT2D eigenvalue weighted by Crippen LogP contribution is -1.93. The zero-order valence-electron chi connectivity index (χ0n) is 7.20. The zero-order chi connectivity index (χ0) is 9.68. The number of hydrogen-bond acceptors (Lipinski definition) is 2. The van der Waals surface area contributed by atoms with Crippen molar-refractivity contribution in [3.63, 3.8) is 0 Å². The molecule has 0 aromatic heterocycles. The van der Waals surface area contributed by atoms with Gasteiger partial charge in [-0.15, -0.1) is 0 Å². The van der Waals surface area contributed by atoms with Crippen molar-refractivity contribution in [2.24, 2.45) is 5.73 Å². The van der Waals surface area contributed by atoms with Crippen molar-refractivity contribution in [3.05, 3.63) is 40.4 Å². The van der Waals surface area contributed by atoms with Crippen LogP contribution in [-0.4, -0.2) is 11.7 Å². The van der Waals surface area contributed by atoms with Crippen LogP contribution in [0.25, 0.3) is 6.08 Å². The highest BCUT2D eigenvalue weighted by Gasteiger charge is 1.98. The Morgan fingerprint density at radius 3 is 2.85 bits per heavy atom. The van der Waals surface area contributed by atoms with Gasteiger partial charge in [0.25, 0.3) is 0 Å². The van der Waals surface area contributed by atoms with E-state index >= 15 is 0 Å². The van der Waals surface area contributed by atoms with Crippen LogP contribution >= 0.6 is 11.6 Å². The van der Waals surface area contributed by atoms with Crippen LogP contribution in [-0.2, 0) is 6.61 Å². The monoisotopic (exact) mass is 197 g/mol. The van der Waals surface area contributed by atoms with Gasteiger partial charge in [0.05, 0.1) is 6.61 Å². The molecule has 70 valence electrons. The minimum Gasteiger partial charge on any atom is -0.392 e. The number of benzene rings is 1. The van der Waals surface area contributed by atoms with E-state index in [0.29, 0.717) is 11.6 Å². The Bertz CT molecular complexity index is 310. The minimum absolute atomic E-state index is 0.00912. The quantitative estimate of drug-likeness (QED) is 0.777. The summed E-state index contributed by atoms with van der Waals surface area (Å²) in [6, 6.07) is 5.40. The first-order valence-corrected chi connectivity index (χ1v) is 4.41. The van der Waals surface area contributed by atoms with Crippen molar-refractivity contribution in [1.29, 1.82) is 0 Å². The predicted molar refractivity (Wildman–Crippen MR) is 55.5 cm³/mol. The molecule has 0 unspecified atom stereocenters. The molecule has 0 amide bonds. The van der Waals surface area contributed by atoms with Crippen LogP contribution < -0.4 is 5.73 Å². The Hall–Kier alpha value is -0.830. The third kappa shape index (κ3) is 2.84. The molecule has 1 rings (SSSR count). The fourth-order valence-corrected chi connectivity index (χ4v) is 1.26. The van der Waals surface area contributed by atoms with Crippen LogP contribution in [0, 0.1) is 0 Å². The molecule has 1 aromatic rings. The summed E-state index contributed by atoms with van der Waals surface area (Å²) >= 11 is 5.77. The van der Waals surface area contributed by atoms with Crippen molar-refractivity contribution >= 4 is 17.7 Å². The Labute approximate surface area is 82.6 Å². The number of aliphatic hydroxyl groups is 1. The summed E-state index contributed by atoms with van der Waals surface area (Å²) in [7, 11) is 0. The van der Waals surface area contributed by atoms with Gasteiger partial charge in [-0.3, -0.25) is 0 Å². The molecule has 3 N–H and O–H groups in total. The summed E-state index contributed by atoms with van der Waals surface area (Å²) in [5, 5.41) is 9.65. The molecule has 3 heteroatoms. The molecule has 1 aromatic carbocycles. The molecule has 0 heterocycles. The molecular weight excluding hydrogens is 186 g/mol. The number of rotatable bonds is 3. The molecule has 0 fully saturated rings. The van der Waals surface area contributed by atoms with Crippen LogP contribution in [0.1, 0.15) is 11.1 Å². The third-order valence-electron chi connectivity index (χ3n) is 1.71. The number of halogens is 1. The molecule has 0 radical (unpaired) electrons. The second-order valence-electron chi connectivity index (χ2n) is 2.64. The first-order valence-electron chi connectivity index (χ1n) is 4.04. The maximum absolute atomic E-state index is 9.02. The van der Waals surface area contributed by atoms with E-state index in [9.17, 15) is 0 Å². The van der Waals surface area contributed by atoms with Crippen molar-refractivity contribution in [3.8, 4) is 0 Å². The lowest BCUT2D eigenvalue weighted by atomic mass is 10.1. The molecule has 0 aliphatic rings. The third-order valence-corrected chi connectivity index (χ3v) is 1.94. The Kier molecular flexibility index (Phi) is 3.96. The van der Waals surface area contributed by atoms with E-state index < -0.39 is 0 Å². The van der Waals surface area contributed by atoms with E-state index in [0.717, 1.165) is 11.1 Å². The lowest BCUT2D eigenvalue weighted by molar-refractivity contribution is 0.281. The molecule has 0 atom stereocenters. The zero-order valence-corrected chi connectivity index (χ0v) is 7.96. The van der Waals surface area contributed by atoms with E-state index in [1.807, 2.05) is 18.2 Å². The standard InChI is InChI=1S/C10H12ClNO/c11-10-4-3-8(2-1-5-12)9(6-10)7-13/h1-4,6,13H,5,7,12H2. The molecular formula is C10H12ClNO. The highest BCUT2D eigenvalue weighted by molar-refractivity contribution is 6.30. The van der Waals surface area contributed by atoms with Crippen LogP contribution in [0.4, 0.5) is 0 Å². The topological polar surface area (TPSA) is 46.2 Å². The van der Waals surface area contributed by atoms with Crippen molar-refractivity contribution in [2.75, 3.05) is 6.54 Å². The summed E-state index contributed by atoms with van der Waals surface area (Å²) in [5.41, 5.74) is 7.10. The molecule has 0 saturated carbocycles. The Morgan fingerprint density at radius 2 is 2.23 bits per heavy atom. The fraction of sp³-hybridized carbons (Fsp3) is 0.200. The summed E-state index contributed by atoms with van der Waals surface area (Å²) in [6.45, 7) is 0.484. The van der Waals surface area contributed by atoms with E-state index in [4.69, 9.17) is 22.4 Å². The molecule has 2 nitrogen and oxygen atoms in total. The Balaban J connectivity index is 2.99. The average molecular weight is 198 g/mol. The number of nitrogens with two attached hydrogens (primary N) is 1. The largest absolute Gasteiger partial charge is 0.392 e. The van der Waals surface area contributed by atoms with Gasteiger partial charge in [-0.05, 0) is 23.3 Å². The van der Waals surface area contributed by atoms with Crippen LogP contribution in [0.2, 0.25) is 5.02 Å². The van der Waals surface area contributed by atoms with Gasteiger partial charge in [-0.25, -0.2) is 0 Å². The molecule has 0 spiro atoms. The van der Waals surface area contributed by atoms with E-state index in [1.54, 1.807) is 12.1 Å². The molecule has 0 aliphatic carbocycles. The molecule has 13 heavy (non-hydrogen) atoms. The van der Waals surface area contributed by atoms with E-state index in [2.05, 4.69) is 0 Å². The summed E-state index contributed by atoms with van der Waals surface area (Å²) in [5.74, 6) is 0. The maximum Gasteiger partial charge on any atom is 0.0688 e. The van der Waals surface area contributed by atoms with Gasteiger partial charge in [0.1, 0.15) is 0 Å².